The number of methoxy groups -OCH3 is 2. The number of hydrogen-bond acceptors (Lipinski definition) is 7. The Morgan fingerprint density at radius 3 is 2.29 bits per heavy atom. The van der Waals surface area contributed by atoms with Crippen molar-refractivity contribution in [1.82, 2.24) is 9.80 Å². The fourth-order valence-corrected chi connectivity index (χ4v) is 4.48. The molecular weight excluding hydrogens is 516 g/mol. The first-order valence-electron chi connectivity index (χ1n) is 11.2. The molecule has 1 heterocycles. The number of hydrogen-bond donors (Lipinski definition) is 1. The van der Waals surface area contributed by atoms with Crippen LogP contribution in [-0.4, -0.2) is 74.1 Å². The molecule has 9 heteroatoms. The van der Waals surface area contributed by atoms with E-state index in [9.17, 15) is 14.7 Å². The van der Waals surface area contributed by atoms with Crippen molar-refractivity contribution < 1.29 is 28.9 Å². The lowest BCUT2D eigenvalue weighted by Crippen LogP contribution is -2.35. The predicted octanol–water partition coefficient (Wildman–Crippen LogP) is 4.24. The fraction of sp³-hybridized carbons (Fsp3) is 0.385. The number of benzene rings is 2. The van der Waals surface area contributed by atoms with Gasteiger partial charge in [-0.1, -0.05) is 6.07 Å². The van der Waals surface area contributed by atoms with Crippen LogP contribution >= 0.6 is 15.9 Å². The van der Waals surface area contributed by atoms with Gasteiger partial charge < -0.3 is 29.1 Å². The smallest absolute Gasteiger partial charge is 0.295 e. The van der Waals surface area contributed by atoms with Crippen LogP contribution in [0.4, 0.5) is 0 Å². The molecule has 35 heavy (non-hydrogen) atoms. The summed E-state index contributed by atoms with van der Waals surface area (Å²) < 4.78 is 17.2. The second-order valence-corrected chi connectivity index (χ2v) is 9.58. The van der Waals surface area contributed by atoms with Crippen LogP contribution in [0.25, 0.3) is 5.76 Å². The van der Waals surface area contributed by atoms with Gasteiger partial charge in [-0.2, -0.15) is 0 Å². The Hall–Kier alpha value is -3.04. The molecule has 1 fully saturated rings. The van der Waals surface area contributed by atoms with Gasteiger partial charge in [-0.05, 0) is 79.8 Å². The standard InChI is InChI=1S/C26H31BrN2O6/c1-15(2)35-20-10-7-16(14-21(20)34-6)23-22(25(31)26(32)29(23)12-11-28(3)4)24(30)17-8-9-19(33-5)18(27)13-17/h7-10,13-15,23,30H,11-12H2,1-6H3/b24-22-. The number of Topliss-reactive ketones (excluding diaryl/α,β-unsaturated/α-hetero) is 1. The second-order valence-electron chi connectivity index (χ2n) is 8.72. The van der Waals surface area contributed by atoms with Crippen molar-refractivity contribution in [3.63, 3.8) is 0 Å². The first-order valence-corrected chi connectivity index (χ1v) is 12.0. The van der Waals surface area contributed by atoms with Crippen LogP contribution in [0, 0.1) is 0 Å². The molecule has 1 amide bonds. The number of aliphatic hydroxyl groups excluding tert-OH is 1. The zero-order valence-electron chi connectivity index (χ0n) is 20.8. The van der Waals surface area contributed by atoms with E-state index in [0.29, 0.717) is 45.9 Å². The van der Waals surface area contributed by atoms with E-state index in [0.717, 1.165) is 0 Å². The maximum atomic E-state index is 13.2. The van der Waals surface area contributed by atoms with E-state index >= 15 is 0 Å². The van der Waals surface area contributed by atoms with Crippen molar-refractivity contribution in [2.45, 2.75) is 26.0 Å². The van der Waals surface area contributed by atoms with Crippen LogP contribution < -0.4 is 14.2 Å². The first kappa shape index (κ1) is 26.6. The Balaban J connectivity index is 2.18. The number of nitrogens with zero attached hydrogens (tertiary/aromatic N) is 2. The van der Waals surface area contributed by atoms with Crippen LogP contribution in [0.1, 0.15) is 31.0 Å². The Bertz CT molecular complexity index is 1140. The molecule has 8 nitrogen and oxygen atoms in total. The number of halogens is 1. The van der Waals surface area contributed by atoms with Gasteiger partial charge in [0, 0.05) is 18.7 Å². The summed E-state index contributed by atoms with van der Waals surface area (Å²) in [4.78, 5) is 29.7. The number of rotatable bonds is 9. The van der Waals surface area contributed by atoms with Crippen molar-refractivity contribution in [2.75, 3.05) is 41.4 Å². The summed E-state index contributed by atoms with van der Waals surface area (Å²) in [6.07, 6.45) is -0.0611. The van der Waals surface area contributed by atoms with Gasteiger partial charge >= 0.3 is 0 Å². The molecule has 1 atom stereocenters. The molecule has 2 aromatic rings. The molecular formula is C26H31BrN2O6. The topological polar surface area (TPSA) is 88.5 Å². The third-order valence-electron chi connectivity index (χ3n) is 5.62. The molecule has 1 aliphatic rings. The maximum Gasteiger partial charge on any atom is 0.295 e. The van der Waals surface area contributed by atoms with Gasteiger partial charge in [-0.15, -0.1) is 0 Å². The Labute approximate surface area is 214 Å². The minimum atomic E-state index is -0.794. The molecule has 1 N–H and O–H groups in total. The lowest BCUT2D eigenvalue weighted by molar-refractivity contribution is -0.140. The van der Waals surface area contributed by atoms with Crippen molar-refractivity contribution >= 4 is 33.4 Å². The van der Waals surface area contributed by atoms with Crippen molar-refractivity contribution in [1.29, 1.82) is 0 Å². The summed E-state index contributed by atoms with van der Waals surface area (Å²) in [5.41, 5.74) is 1.04. The number of likely N-dealkylation sites (N-methyl/N-ethyl adjacent to an activating group) is 1. The van der Waals surface area contributed by atoms with Crippen molar-refractivity contribution in [3.05, 3.63) is 57.6 Å². The van der Waals surface area contributed by atoms with Gasteiger partial charge in [0.15, 0.2) is 11.5 Å². The molecule has 0 saturated carbocycles. The monoisotopic (exact) mass is 546 g/mol. The van der Waals surface area contributed by atoms with Gasteiger partial charge in [-0.25, -0.2) is 0 Å². The minimum Gasteiger partial charge on any atom is -0.507 e. The van der Waals surface area contributed by atoms with E-state index in [-0.39, 0.29) is 17.4 Å². The van der Waals surface area contributed by atoms with Crippen LogP contribution in [0.15, 0.2) is 46.4 Å². The minimum absolute atomic E-state index is 0.0189. The van der Waals surface area contributed by atoms with Gasteiger partial charge in [0.05, 0.1) is 36.4 Å². The molecule has 188 valence electrons. The highest BCUT2D eigenvalue weighted by molar-refractivity contribution is 9.10. The lowest BCUT2D eigenvalue weighted by Gasteiger charge is -2.27. The summed E-state index contributed by atoms with van der Waals surface area (Å²) in [6, 6.07) is 9.46. The van der Waals surface area contributed by atoms with Gasteiger partial charge in [-0.3, -0.25) is 9.59 Å². The van der Waals surface area contributed by atoms with E-state index in [2.05, 4.69) is 15.9 Å². The zero-order chi connectivity index (χ0) is 25.9. The first-order chi connectivity index (χ1) is 16.6. The van der Waals surface area contributed by atoms with E-state index in [4.69, 9.17) is 14.2 Å². The van der Waals surface area contributed by atoms with E-state index < -0.39 is 17.7 Å². The summed E-state index contributed by atoms with van der Waals surface area (Å²) in [5.74, 6) is -0.0511. The number of ketones is 1. The number of carbonyl (C=O) groups excluding carboxylic acids is 2. The maximum absolute atomic E-state index is 13.2. The number of aliphatic hydroxyl groups is 1. The second kappa shape index (κ2) is 11.1. The molecule has 1 saturated heterocycles. The molecule has 0 aromatic heterocycles. The summed E-state index contributed by atoms with van der Waals surface area (Å²) in [7, 11) is 6.85. The number of likely N-dealkylation sites (tertiary alicyclic amines) is 1. The molecule has 2 aromatic carbocycles. The molecule has 0 bridgehead atoms. The van der Waals surface area contributed by atoms with Crippen LogP contribution in [-0.2, 0) is 9.59 Å². The Kier molecular flexibility index (Phi) is 8.45. The third kappa shape index (κ3) is 5.62. The lowest BCUT2D eigenvalue weighted by atomic mass is 9.95. The van der Waals surface area contributed by atoms with Crippen LogP contribution in [0.2, 0.25) is 0 Å². The van der Waals surface area contributed by atoms with E-state index in [1.54, 1.807) is 36.4 Å². The van der Waals surface area contributed by atoms with Crippen LogP contribution in [0.5, 0.6) is 17.2 Å². The van der Waals surface area contributed by atoms with E-state index in [1.807, 2.05) is 32.8 Å². The highest BCUT2D eigenvalue weighted by Gasteiger charge is 2.46. The number of amides is 1. The van der Waals surface area contributed by atoms with Crippen molar-refractivity contribution in [2.24, 2.45) is 0 Å². The Morgan fingerprint density at radius 1 is 1.06 bits per heavy atom. The zero-order valence-corrected chi connectivity index (χ0v) is 22.4. The fourth-order valence-electron chi connectivity index (χ4n) is 3.94. The van der Waals surface area contributed by atoms with E-state index in [1.165, 1.54) is 19.1 Å². The normalized spacial score (nSPS) is 17.4. The summed E-state index contributed by atoms with van der Waals surface area (Å²) in [6.45, 7) is 4.67. The van der Waals surface area contributed by atoms with Gasteiger partial charge in [0.25, 0.3) is 11.7 Å². The highest BCUT2D eigenvalue weighted by atomic mass is 79.9. The highest BCUT2D eigenvalue weighted by Crippen LogP contribution is 2.42. The summed E-state index contributed by atoms with van der Waals surface area (Å²) in [5, 5.41) is 11.3. The number of ether oxygens (including phenoxy) is 3. The van der Waals surface area contributed by atoms with Crippen molar-refractivity contribution in [3.8, 4) is 17.2 Å². The van der Waals surface area contributed by atoms with Gasteiger partial charge in [0.1, 0.15) is 11.5 Å². The van der Waals surface area contributed by atoms with Gasteiger partial charge in [0.2, 0.25) is 0 Å². The predicted molar refractivity (Wildman–Crippen MR) is 137 cm³/mol. The SMILES string of the molecule is COc1ccc(/C(O)=C2/C(=O)C(=O)N(CCN(C)C)C2c2ccc(OC(C)C)c(OC)c2)cc1Br. The quantitative estimate of drug-likeness (QED) is 0.286. The average Bonchev–Trinajstić information content (AvgIpc) is 3.06. The largest absolute Gasteiger partial charge is 0.507 e. The molecule has 1 unspecified atom stereocenters. The summed E-state index contributed by atoms with van der Waals surface area (Å²) >= 11 is 3.41. The molecule has 0 aliphatic carbocycles. The average molecular weight is 547 g/mol. The third-order valence-corrected chi connectivity index (χ3v) is 6.24. The molecule has 1 aliphatic heterocycles. The number of carbonyl (C=O) groups is 2. The van der Waals surface area contributed by atoms with Crippen LogP contribution in [0.3, 0.4) is 0 Å². The molecule has 3 rings (SSSR count). The molecule has 0 radical (unpaired) electrons. The Morgan fingerprint density at radius 2 is 1.71 bits per heavy atom. The molecule has 0 spiro atoms.